The van der Waals surface area contributed by atoms with Gasteiger partial charge in [-0.05, 0) is 70.1 Å². The quantitative estimate of drug-likeness (QED) is 0.363. The molecule has 0 aliphatic carbocycles. The first-order chi connectivity index (χ1) is 12.1. The van der Waals surface area contributed by atoms with Crippen LogP contribution in [0.25, 0.3) is 32.3 Å². The first-order valence-electron chi connectivity index (χ1n) is 9.52. The second-order valence-electron chi connectivity index (χ2n) is 8.08. The molecule has 1 aliphatic rings. The molecule has 1 saturated heterocycles. The molecule has 4 aromatic carbocycles. The molecule has 25 heavy (non-hydrogen) atoms. The van der Waals surface area contributed by atoms with Gasteiger partial charge in [-0.1, -0.05) is 56.3 Å². The summed E-state index contributed by atoms with van der Waals surface area (Å²) in [4.78, 5) is 2.64. The Morgan fingerprint density at radius 3 is 1.56 bits per heavy atom. The third-order valence-electron chi connectivity index (χ3n) is 6.97. The molecule has 0 bridgehead atoms. The van der Waals surface area contributed by atoms with E-state index in [2.05, 4.69) is 87.2 Å². The number of nitrogens with zero attached hydrogens (tertiary/aromatic N) is 1. The van der Waals surface area contributed by atoms with E-state index in [1.54, 1.807) is 0 Å². The van der Waals surface area contributed by atoms with Crippen molar-refractivity contribution in [2.75, 3.05) is 4.90 Å². The summed E-state index contributed by atoms with van der Waals surface area (Å²) in [6, 6.07) is 21.7. The Hall–Kier alpha value is -2.28. The zero-order valence-electron chi connectivity index (χ0n) is 15.5. The highest BCUT2D eigenvalue weighted by atomic mass is 15.2. The van der Waals surface area contributed by atoms with Crippen LogP contribution in [0.4, 0.5) is 5.69 Å². The van der Waals surface area contributed by atoms with Gasteiger partial charge in [0, 0.05) is 17.8 Å². The molecular weight excluding hydrogens is 302 g/mol. The summed E-state index contributed by atoms with van der Waals surface area (Å²) in [5.41, 5.74) is 1.38. The Labute approximate surface area is 149 Å². The van der Waals surface area contributed by atoms with Crippen LogP contribution in [0.15, 0.2) is 54.6 Å². The van der Waals surface area contributed by atoms with Gasteiger partial charge >= 0.3 is 0 Å². The molecule has 0 amide bonds. The fraction of sp³-hybridized carbons (Fsp3) is 0.333. The lowest BCUT2D eigenvalue weighted by Gasteiger charge is -2.30. The summed E-state index contributed by atoms with van der Waals surface area (Å²) < 4.78 is 0. The second kappa shape index (κ2) is 5.11. The first-order valence-corrected chi connectivity index (χ1v) is 9.52. The minimum absolute atomic E-state index is 0.582. The van der Waals surface area contributed by atoms with Crippen LogP contribution in [0.1, 0.15) is 27.7 Å². The van der Waals surface area contributed by atoms with Crippen molar-refractivity contribution in [1.29, 1.82) is 0 Å². The van der Waals surface area contributed by atoms with Crippen LogP contribution in [0.5, 0.6) is 0 Å². The average Bonchev–Trinajstić information content (AvgIpc) is 2.82. The predicted molar refractivity (Wildman–Crippen MR) is 110 cm³/mol. The smallest absolute Gasteiger partial charge is 0.0383 e. The summed E-state index contributed by atoms with van der Waals surface area (Å²) in [6.45, 7) is 9.57. The Balaban J connectivity index is 1.79. The highest BCUT2D eigenvalue weighted by Gasteiger charge is 2.39. The molecule has 126 valence electrons. The molecule has 1 heteroatoms. The minimum atomic E-state index is 0.582. The summed E-state index contributed by atoms with van der Waals surface area (Å²) in [7, 11) is 0. The maximum absolute atomic E-state index is 2.64. The lowest BCUT2D eigenvalue weighted by atomic mass is 9.92. The number of benzene rings is 4. The van der Waals surface area contributed by atoms with Crippen LogP contribution in [0.2, 0.25) is 0 Å². The van der Waals surface area contributed by atoms with E-state index in [-0.39, 0.29) is 0 Å². The Bertz CT molecular complexity index is 1000. The molecule has 0 unspecified atom stereocenters. The summed E-state index contributed by atoms with van der Waals surface area (Å²) >= 11 is 0. The summed E-state index contributed by atoms with van der Waals surface area (Å²) in [5, 5.41) is 8.24. The molecule has 0 radical (unpaired) electrons. The largest absolute Gasteiger partial charge is 0.366 e. The molecule has 0 N–H and O–H groups in total. The normalized spacial score (nSPS) is 27.1. The van der Waals surface area contributed by atoms with Crippen LogP contribution >= 0.6 is 0 Å². The van der Waals surface area contributed by atoms with Crippen LogP contribution in [0.3, 0.4) is 0 Å². The van der Waals surface area contributed by atoms with Crippen LogP contribution in [-0.2, 0) is 0 Å². The van der Waals surface area contributed by atoms with E-state index in [0.29, 0.717) is 12.1 Å². The number of rotatable bonds is 1. The lowest BCUT2D eigenvalue weighted by Crippen LogP contribution is -2.34. The van der Waals surface area contributed by atoms with E-state index in [4.69, 9.17) is 0 Å². The molecule has 1 nitrogen and oxygen atoms in total. The first kappa shape index (κ1) is 15.0. The average molecular weight is 327 g/mol. The van der Waals surface area contributed by atoms with Crippen LogP contribution < -0.4 is 4.90 Å². The maximum Gasteiger partial charge on any atom is 0.0383 e. The molecule has 0 saturated carbocycles. The van der Waals surface area contributed by atoms with Gasteiger partial charge in [-0.2, -0.15) is 0 Å². The molecule has 0 spiro atoms. The highest BCUT2D eigenvalue weighted by molar-refractivity contribution is 6.23. The summed E-state index contributed by atoms with van der Waals surface area (Å²) in [5.74, 6) is 1.45. The summed E-state index contributed by atoms with van der Waals surface area (Å²) in [6.07, 6.45) is 0. The topological polar surface area (TPSA) is 3.24 Å². The van der Waals surface area contributed by atoms with Gasteiger partial charge in [0.15, 0.2) is 0 Å². The molecule has 1 heterocycles. The lowest BCUT2D eigenvalue weighted by molar-refractivity contribution is 0.413. The van der Waals surface area contributed by atoms with Gasteiger partial charge in [0.25, 0.3) is 0 Å². The number of anilines is 1. The van der Waals surface area contributed by atoms with E-state index in [9.17, 15) is 0 Å². The highest BCUT2D eigenvalue weighted by Crippen LogP contribution is 2.42. The van der Waals surface area contributed by atoms with Crippen molar-refractivity contribution >= 4 is 38.0 Å². The van der Waals surface area contributed by atoms with E-state index in [1.165, 1.54) is 38.0 Å². The third-order valence-corrected chi connectivity index (χ3v) is 6.97. The fourth-order valence-electron chi connectivity index (χ4n) is 5.11. The molecular formula is C24H25N. The Kier molecular flexibility index (Phi) is 3.07. The van der Waals surface area contributed by atoms with E-state index < -0.39 is 0 Å². The van der Waals surface area contributed by atoms with Gasteiger partial charge in [0.2, 0.25) is 0 Å². The second-order valence-corrected chi connectivity index (χ2v) is 8.08. The van der Waals surface area contributed by atoms with Gasteiger partial charge in [-0.25, -0.2) is 0 Å². The van der Waals surface area contributed by atoms with Crippen molar-refractivity contribution in [2.45, 2.75) is 39.8 Å². The monoisotopic (exact) mass is 327 g/mol. The molecule has 4 atom stereocenters. The SMILES string of the molecule is C[C@@H]1[C@H](C)[C@H](C)N(c2cc3ccc4cccc5ccc(c2)c3c45)[C@@H]1C. The van der Waals surface area contributed by atoms with Crippen LogP contribution in [0, 0.1) is 11.8 Å². The molecule has 1 aliphatic heterocycles. The minimum Gasteiger partial charge on any atom is -0.366 e. The van der Waals surface area contributed by atoms with Gasteiger partial charge in [-0.3, -0.25) is 0 Å². The Morgan fingerprint density at radius 1 is 0.600 bits per heavy atom. The van der Waals surface area contributed by atoms with Crippen molar-refractivity contribution in [1.82, 2.24) is 0 Å². The van der Waals surface area contributed by atoms with E-state index >= 15 is 0 Å². The molecule has 0 aromatic heterocycles. The van der Waals surface area contributed by atoms with E-state index in [1.807, 2.05) is 0 Å². The van der Waals surface area contributed by atoms with Gasteiger partial charge in [-0.15, -0.1) is 0 Å². The number of hydrogen-bond acceptors (Lipinski definition) is 1. The van der Waals surface area contributed by atoms with Gasteiger partial charge in [0.1, 0.15) is 0 Å². The maximum atomic E-state index is 2.64. The van der Waals surface area contributed by atoms with Crippen molar-refractivity contribution in [3.63, 3.8) is 0 Å². The molecule has 4 aromatic rings. The van der Waals surface area contributed by atoms with Crippen molar-refractivity contribution < 1.29 is 0 Å². The standard InChI is InChI=1S/C24H25N/c1-14-15(2)17(4)25(16(14)3)22-12-20-10-8-18-6-5-7-19-9-11-21(13-22)24(20)23(18)19/h5-17H,1-4H3/t14-,15+,16-,17+. The zero-order valence-corrected chi connectivity index (χ0v) is 15.5. The molecule has 5 rings (SSSR count). The van der Waals surface area contributed by atoms with Crippen molar-refractivity contribution in [3.05, 3.63) is 54.6 Å². The van der Waals surface area contributed by atoms with Gasteiger partial charge < -0.3 is 4.90 Å². The van der Waals surface area contributed by atoms with Crippen molar-refractivity contribution in [2.24, 2.45) is 11.8 Å². The Morgan fingerprint density at radius 2 is 1.04 bits per heavy atom. The van der Waals surface area contributed by atoms with Crippen molar-refractivity contribution in [3.8, 4) is 0 Å². The van der Waals surface area contributed by atoms with Gasteiger partial charge in [0.05, 0.1) is 0 Å². The third kappa shape index (κ3) is 1.96. The number of hydrogen-bond donors (Lipinski definition) is 0. The zero-order chi connectivity index (χ0) is 17.3. The van der Waals surface area contributed by atoms with Crippen LogP contribution in [-0.4, -0.2) is 12.1 Å². The molecule has 1 fully saturated rings. The fourth-order valence-corrected chi connectivity index (χ4v) is 5.11. The predicted octanol–water partition coefficient (Wildman–Crippen LogP) is 6.45. The van der Waals surface area contributed by atoms with E-state index in [0.717, 1.165) is 11.8 Å².